The third kappa shape index (κ3) is 2.61. The van der Waals surface area contributed by atoms with Crippen LogP contribution in [0.4, 0.5) is 0 Å². The Morgan fingerprint density at radius 3 is 2.53 bits per heavy atom. The highest BCUT2D eigenvalue weighted by molar-refractivity contribution is 6.08. The molecule has 0 bridgehead atoms. The number of fused-ring (bicyclic) bond motifs is 5. The molecular formula is C23H22O7. The second-order valence-corrected chi connectivity index (χ2v) is 8.10. The van der Waals surface area contributed by atoms with Gasteiger partial charge in [0.2, 0.25) is 0 Å². The second-order valence-electron chi connectivity index (χ2n) is 8.10. The Labute approximate surface area is 173 Å². The van der Waals surface area contributed by atoms with Crippen LogP contribution < -0.4 is 23.7 Å². The molecule has 0 fully saturated rings. The van der Waals surface area contributed by atoms with Gasteiger partial charge in [-0.25, -0.2) is 0 Å². The van der Waals surface area contributed by atoms with Gasteiger partial charge in [0.1, 0.15) is 46.9 Å². The second kappa shape index (κ2) is 6.32. The Hall–Kier alpha value is -3.35. The monoisotopic (exact) mass is 410 g/mol. The van der Waals surface area contributed by atoms with Crippen molar-refractivity contribution in [2.75, 3.05) is 20.8 Å². The van der Waals surface area contributed by atoms with Crippen molar-refractivity contribution in [3.05, 3.63) is 41.0 Å². The summed E-state index contributed by atoms with van der Waals surface area (Å²) in [7, 11) is 3.07. The van der Waals surface area contributed by atoms with Crippen LogP contribution in [0.2, 0.25) is 0 Å². The molecule has 2 aromatic carbocycles. The molecule has 0 saturated carbocycles. The molecule has 2 aromatic rings. The lowest BCUT2D eigenvalue weighted by Crippen LogP contribution is -2.43. The Kier molecular flexibility index (Phi) is 3.93. The molecule has 2 atom stereocenters. The van der Waals surface area contributed by atoms with Gasteiger partial charge in [-0.05, 0) is 32.1 Å². The minimum Gasteiger partial charge on any atom is -0.506 e. The van der Waals surface area contributed by atoms with Crippen LogP contribution in [0.5, 0.6) is 34.5 Å². The van der Waals surface area contributed by atoms with Gasteiger partial charge in [-0.15, -0.1) is 0 Å². The summed E-state index contributed by atoms with van der Waals surface area (Å²) in [4.78, 5) is 13.6. The van der Waals surface area contributed by atoms with E-state index in [0.29, 0.717) is 39.9 Å². The normalized spacial score (nSPS) is 22.3. The number of benzene rings is 2. The highest BCUT2D eigenvalue weighted by Crippen LogP contribution is 2.51. The first kappa shape index (κ1) is 18.7. The number of ketones is 1. The third-order valence-corrected chi connectivity index (χ3v) is 5.72. The van der Waals surface area contributed by atoms with E-state index in [1.807, 2.05) is 19.9 Å². The Bertz CT molecular complexity index is 1100. The van der Waals surface area contributed by atoms with Crippen LogP contribution in [0.15, 0.2) is 24.3 Å². The van der Waals surface area contributed by atoms with Crippen molar-refractivity contribution < 1.29 is 33.6 Å². The summed E-state index contributed by atoms with van der Waals surface area (Å²) < 4.78 is 28.7. The first-order valence-corrected chi connectivity index (χ1v) is 9.71. The number of methoxy groups -OCH3 is 2. The maximum atomic E-state index is 13.6. The van der Waals surface area contributed by atoms with Crippen molar-refractivity contribution in [1.29, 1.82) is 0 Å². The van der Waals surface area contributed by atoms with Crippen LogP contribution in [0.3, 0.4) is 0 Å². The average molecular weight is 410 g/mol. The van der Waals surface area contributed by atoms with E-state index < -0.39 is 17.6 Å². The Morgan fingerprint density at radius 2 is 1.80 bits per heavy atom. The largest absolute Gasteiger partial charge is 0.506 e. The van der Waals surface area contributed by atoms with Gasteiger partial charge >= 0.3 is 0 Å². The maximum Gasteiger partial charge on any atom is 0.181 e. The number of hydrogen-bond donors (Lipinski definition) is 1. The van der Waals surface area contributed by atoms with Gasteiger partial charge in [-0.3, -0.25) is 4.79 Å². The summed E-state index contributed by atoms with van der Waals surface area (Å²) in [6, 6.07) is 5.12. The summed E-state index contributed by atoms with van der Waals surface area (Å²) in [5, 5.41) is 10.9. The zero-order valence-corrected chi connectivity index (χ0v) is 17.1. The van der Waals surface area contributed by atoms with Gasteiger partial charge in [0, 0.05) is 17.7 Å². The summed E-state index contributed by atoms with van der Waals surface area (Å²) in [6.45, 7) is 4.03. The van der Waals surface area contributed by atoms with E-state index in [9.17, 15) is 9.90 Å². The SMILES string of the molecule is COc1cc2c(cc1OC)[C@H]1C(=O)c3c(cc4c(c3O)C=CC(C)(C)O4)O[C@@H]1CO2. The van der Waals surface area contributed by atoms with Crippen molar-refractivity contribution in [3.63, 3.8) is 0 Å². The zero-order valence-electron chi connectivity index (χ0n) is 17.1. The van der Waals surface area contributed by atoms with Crippen molar-refractivity contribution in [2.24, 2.45) is 0 Å². The number of phenolic OH excluding ortho intramolecular Hbond substituents is 1. The first-order valence-electron chi connectivity index (χ1n) is 9.71. The molecule has 0 spiro atoms. The molecule has 0 radical (unpaired) electrons. The molecule has 156 valence electrons. The molecule has 0 aromatic heterocycles. The molecule has 0 unspecified atom stereocenters. The molecule has 0 aliphatic carbocycles. The standard InChI is InChI=1S/C23H22O7/c1-23(2)6-5-11-14(30-23)9-17-20(21(11)24)22(25)19-12-7-15(26-3)16(27-4)8-13(12)28-10-18(19)29-17/h5-9,18-19,24H,10H2,1-4H3/t18-,19-/m1/s1. The lowest BCUT2D eigenvalue weighted by Gasteiger charge is -2.38. The summed E-state index contributed by atoms with van der Waals surface area (Å²) in [5.74, 6) is 1.34. The van der Waals surface area contributed by atoms with E-state index >= 15 is 0 Å². The maximum absolute atomic E-state index is 13.6. The smallest absolute Gasteiger partial charge is 0.181 e. The third-order valence-electron chi connectivity index (χ3n) is 5.72. The minimum absolute atomic E-state index is 0.133. The summed E-state index contributed by atoms with van der Waals surface area (Å²) in [5.41, 5.74) is 0.760. The van der Waals surface area contributed by atoms with Crippen molar-refractivity contribution in [3.8, 4) is 34.5 Å². The van der Waals surface area contributed by atoms with Crippen LogP contribution in [0, 0.1) is 0 Å². The number of aromatic hydroxyl groups is 1. The van der Waals surface area contributed by atoms with Gasteiger partial charge in [-0.1, -0.05) is 0 Å². The Morgan fingerprint density at radius 1 is 1.07 bits per heavy atom. The molecule has 1 N–H and O–H groups in total. The highest BCUT2D eigenvalue weighted by Gasteiger charge is 2.46. The van der Waals surface area contributed by atoms with Crippen molar-refractivity contribution in [2.45, 2.75) is 31.5 Å². The van der Waals surface area contributed by atoms with Crippen LogP contribution in [-0.4, -0.2) is 43.4 Å². The number of hydrogen-bond acceptors (Lipinski definition) is 7. The summed E-state index contributed by atoms with van der Waals surface area (Å²) in [6.07, 6.45) is 3.10. The van der Waals surface area contributed by atoms with Crippen molar-refractivity contribution >= 4 is 11.9 Å². The van der Waals surface area contributed by atoms with Gasteiger partial charge in [0.15, 0.2) is 17.3 Å². The predicted octanol–water partition coefficient (Wildman–Crippen LogP) is 3.71. The zero-order chi connectivity index (χ0) is 21.2. The fourth-order valence-electron chi connectivity index (χ4n) is 4.26. The molecule has 3 aliphatic rings. The molecule has 7 heteroatoms. The number of rotatable bonds is 2. The predicted molar refractivity (Wildman–Crippen MR) is 108 cm³/mol. The topological polar surface area (TPSA) is 83.5 Å². The van der Waals surface area contributed by atoms with E-state index in [1.54, 1.807) is 31.4 Å². The van der Waals surface area contributed by atoms with E-state index in [0.717, 1.165) is 0 Å². The van der Waals surface area contributed by atoms with Crippen LogP contribution >= 0.6 is 0 Å². The van der Waals surface area contributed by atoms with Crippen LogP contribution in [0.1, 0.15) is 41.3 Å². The molecule has 7 nitrogen and oxygen atoms in total. The number of phenols is 1. The fourth-order valence-corrected chi connectivity index (χ4v) is 4.26. The van der Waals surface area contributed by atoms with Crippen LogP contribution in [-0.2, 0) is 0 Å². The molecule has 0 saturated heterocycles. The van der Waals surface area contributed by atoms with Gasteiger partial charge in [-0.2, -0.15) is 0 Å². The number of carbonyl (C=O) groups is 1. The number of carbonyl (C=O) groups excluding carboxylic acids is 1. The Balaban J connectivity index is 1.64. The van der Waals surface area contributed by atoms with E-state index in [-0.39, 0.29) is 23.7 Å². The molecular weight excluding hydrogens is 388 g/mol. The molecule has 5 rings (SSSR count). The van der Waals surface area contributed by atoms with Gasteiger partial charge in [0.25, 0.3) is 0 Å². The molecule has 30 heavy (non-hydrogen) atoms. The highest BCUT2D eigenvalue weighted by atomic mass is 16.5. The van der Waals surface area contributed by atoms with E-state index in [4.69, 9.17) is 23.7 Å². The molecule has 3 heterocycles. The first-order chi connectivity index (χ1) is 14.3. The quantitative estimate of drug-likeness (QED) is 0.808. The molecule has 0 amide bonds. The van der Waals surface area contributed by atoms with E-state index in [2.05, 4.69) is 0 Å². The van der Waals surface area contributed by atoms with Crippen LogP contribution in [0.25, 0.3) is 6.08 Å². The lowest BCUT2D eigenvalue weighted by molar-refractivity contribution is 0.0549. The fraction of sp³-hybridized carbons (Fsp3) is 0.348. The van der Waals surface area contributed by atoms with E-state index in [1.165, 1.54) is 7.11 Å². The minimum atomic E-state index is -0.630. The van der Waals surface area contributed by atoms with Gasteiger partial charge in [0.05, 0.1) is 25.7 Å². The van der Waals surface area contributed by atoms with Gasteiger partial charge < -0.3 is 28.8 Å². The summed E-state index contributed by atoms with van der Waals surface area (Å²) >= 11 is 0. The van der Waals surface area contributed by atoms with Crippen molar-refractivity contribution in [1.82, 2.24) is 0 Å². The average Bonchev–Trinajstić information content (AvgIpc) is 2.71. The number of Topliss-reactive ketones (excluding diaryl/α,β-unsaturated/α-hetero) is 1. The lowest BCUT2D eigenvalue weighted by atomic mass is 9.81. The molecule has 3 aliphatic heterocycles. The number of ether oxygens (including phenoxy) is 5.